The Bertz CT molecular complexity index is 1030. The molecule has 0 atom stereocenters. The highest BCUT2D eigenvalue weighted by Crippen LogP contribution is 2.30. The summed E-state index contributed by atoms with van der Waals surface area (Å²) in [6, 6.07) is 16.1. The van der Waals surface area contributed by atoms with Crippen LogP contribution in [0.5, 0.6) is 5.75 Å². The highest BCUT2D eigenvalue weighted by atomic mass is 32.1. The Labute approximate surface area is 179 Å². The van der Waals surface area contributed by atoms with E-state index in [1.54, 1.807) is 41.7 Å². The molecule has 1 aromatic heterocycles. The van der Waals surface area contributed by atoms with Crippen molar-refractivity contribution < 1.29 is 14.3 Å². The Kier molecular flexibility index (Phi) is 6.11. The SMILES string of the molecule is Nc1ccc(-c2cccs2)cc1NC(=O)c1ccc(OC(=O)CN2CCCC2)cc1. The Balaban J connectivity index is 1.39. The first-order chi connectivity index (χ1) is 14.6. The third kappa shape index (κ3) is 4.87. The van der Waals surface area contributed by atoms with Gasteiger partial charge in [0.1, 0.15) is 5.75 Å². The zero-order valence-corrected chi connectivity index (χ0v) is 17.3. The molecule has 6 nitrogen and oxygen atoms in total. The van der Waals surface area contributed by atoms with Crippen molar-refractivity contribution >= 4 is 34.6 Å². The number of anilines is 2. The number of carbonyl (C=O) groups is 2. The molecule has 0 saturated carbocycles. The summed E-state index contributed by atoms with van der Waals surface area (Å²) in [4.78, 5) is 27.9. The van der Waals surface area contributed by atoms with E-state index in [9.17, 15) is 9.59 Å². The predicted molar refractivity (Wildman–Crippen MR) is 120 cm³/mol. The van der Waals surface area contributed by atoms with Crippen LogP contribution >= 0.6 is 11.3 Å². The number of hydrogen-bond donors (Lipinski definition) is 2. The van der Waals surface area contributed by atoms with Gasteiger partial charge in [0.2, 0.25) is 0 Å². The second kappa shape index (κ2) is 9.11. The highest BCUT2D eigenvalue weighted by molar-refractivity contribution is 7.13. The van der Waals surface area contributed by atoms with Crippen molar-refractivity contribution in [2.75, 3.05) is 30.7 Å². The maximum atomic E-state index is 12.6. The van der Waals surface area contributed by atoms with Gasteiger partial charge in [0.05, 0.1) is 17.9 Å². The molecular weight excluding hydrogens is 398 g/mol. The summed E-state index contributed by atoms with van der Waals surface area (Å²) in [6.45, 7) is 2.16. The van der Waals surface area contributed by atoms with Crippen LogP contribution in [0, 0.1) is 0 Å². The van der Waals surface area contributed by atoms with Gasteiger partial charge < -0.3 is 15.8 Å². The lowest BCUT2D eigenvalue weighted by molar-refractivity contribution is -0.135. The number of nitrogens with zero attached hydrogens (tertiary/aromatic N) is 1. The molecule has 1 aliphatic heterocycles. The largest absolute Gasteiger partial charge is 0.426 e. The van der Waals surface area contributed by atoms with Crippen LogP contribution in [-0.2, 0) is 4.79 Å². The summed E-state index contributed by atoms with van der Waals surface area (Å²) in [5, 5.41) is 4.87. The number of likely N-dealkylation sites (tertiary alicyclic amines) is 1. The van der Waals surface area contributed by atoms with E-state index in [0.717, 1.165) is 36.4 Å². The van der Waals surface area contributed by atoms with Crippen molar-refractivity contribution in [2.45, 2.75) is 12.8 Å². The monoisotopic (exact) mass is 421 g/mol. The standard InChI is InChI=1S/C23H23N3O3S/c24-19-10-7-17(21-4-3-13-30-21)14-20(19)25-23(28)16-5-8-18(9-6-16)29-22(27)15-26-11-1-2-12-26/h3-10,13-14H,1-2,11-12,15,24H2,(H,25,28). The summed E-state index contributed by atoms with van der Waals surface area (Å²) in [5.41, 5.74) is 8.55. The third-order valence-corrected chi connectivity index (χ3v) is 5.93. The van der Waals surface area contributed by atoms with Crippen molar-refractivity contribution in [3.8, 4) is 16.2 Å². The number of carbonyl (C=O) groups excluding carboxylic acids is 2. The third-order valence-electron chi connectivity index (χ3n) is 5.01. The van der Waals surface area contributed by atoms with Crippen LogP contribution in [0.2, 0.25) is 0 Å². The first-order valence-electron chi connectivity index (χ1n) is 9.86. The molecule has 3 N–H and O–H groups in total. The molecule has 2 heterocycles. The van der Waals surface area contributed by atoms with Gasteiger partial charge in [-0.3, -0.25) is 14.5 Å². The van der Waals surface area contributed by atoms with E-state index >= 15 is 0 Å². The van der Waals surface area contributed by atoms with Gasteiger partial charge in [0.25, 0.3) is 5.91 Å². The van der Waals surface area contributed by atoms with Crippen LogP contribution in [0.15, 0.2) is 60.0 Å². The molecule has 1 fully saturated rings. The average molecular weight is 422 g/mol. The quantitative estimate of drug-likeness (QED) is 0.353. The van der Waals surface area contributed by atoms with Gasteiger partial charge in [-0.15, -0.1) is 11.3 Å². The molecule has 0 bridgehead atoms. The number of rotatable bonds is 6. The van der Waals surface area contributed by atoms with Crippen LogP contribution in [0.3, 0.4) is 0 Å². The van der Waals surface area contributed by atoms with E-state index in [0.29, 0.717) is 29.2 Å². The smallest absolute Gasteiger partial charge is 0.325 e. The minimum atomic E-state index is -0.285. The normalized spacial score (nSPS) is 13.9. The fourth-order valence-electron chi connectivity index (χ4n) is 3.42. The maximum absolute atomic E-state index is 12.6. The number of ether oxygens (including phenoxy) is 1. The number of nitrogens with two attached hydrogens (primary N) is 1. The molecular formula is C23H23N3O3S. The second-order valence-corrected chi connectivity index (χ2v) is 8.16. The van der Waals surface area contributed by atoms with Crippen LogP contribution < -0.4 is 15.8 Å². The van der Waals surface area contributed by atoms with E-state index in [-0.39, 0.29) is 11.9 Å². The van der Waals surface area contributed by atoms with Crippen LogP contribution in [-0.4, -0.2) is 36.4 Å². The predicted octanol–water partition coefficient (Wildman–Crippen LogP) is 4.25. The second-order valence-electron chi connectivity index (χ2n) is 7.22. The van der Waals surface area contributed by atoms with E-state index in [1.807, 2.05) is 29.6 Å². The van der Waals surface area contributed by atoms with Gasteiger partial charge in [-0.05, 0) is 79.3 Å². The molecule has 2 aromatic carbocycles. The topological polar surface area (TPSA) is 84.7 Å². The Morgan fingerprint density at radius 1 is 1.07 bits per heavy atom. The zero-order chi connectivity index (χ0) is 20.9. The first-order valence-corrected chi connectivity index (χ1v) is 10.7. The van der Waals surface area contributed by atoms with E-state index in [4.69, 9.17) is 10.5 Å². The van der Waals surface area contributed by atoms with E-state index in [1.165, 1.54) is 0 Å². The lowest BCUT2D eigenvalue weighted by atomic mass is 10.1. The van der Waals surface area contributed by atoms with Gasteiger partial charge in [0.15, 0.2) is 0 Å². The molecule has 0 spiro atoms. The maximum Gasteiger partial charge on any atom is 0.325 e. The van der Waals surface area contributed by atoms with Crippen LogP contribution in [0.25, 0.3) is 10.4 Å². The summed E-state index contributed by atoms with van der Waals surface area (Å²) < 4.78 is 5.37. The van der Waals surface area contributed by atoms with Gasteiger partial charge >= 0.3 is 5.97 Å². The molecule has 7 heteroatoms. The molecule has 0 aliphatic carbocycles. The summed E-state index contributed by atoms with van der Waals surface area (Å²) in [6.07, 6.45) is 2.25. The molecule has 30 heavy (non-hydrogen) atoms. The van der Waals surface area contributed by atoms with Gasteiger partial charge in [-0.2, -0.15) is 0 Å². The van der Waals surface area contributed by atoms with Crippen molar-refractivity contribution in [3.63, 3.8) is 0 Å². The molecule has 1 amide bonds. The van der Waals surface area contributed by atoms with E-state index in [2.05, 4.69) is 10.2 Å². The number of thiophene rings is 1. The average Bonchev–Trinajstić information content (AvgIpc) is 3.44. The minimum Gasteiger partial charge on any atom is -0.426 e. The molecule has 0 unspecified atom stereocenters. The lowest BCUT2D eigenvalue weighted by Gasteiger charge is -2.13. The van der Waals surface area contributed by atoms with Gasteiger partial charge in [0, 0.05) is 10.4 Å². The molecule has 4 rings (SSSR count). The van der Waals surface area contributed by atoms with Crippen molar-refractivity contribution in [2.24, 2.45) is 0 Å². The van der Waals surface area contributed by atoms with Gasteiger partial charge in [-0.25, -0.2) is 0 Å². The lowest BCUT2D eigenvalue weighted by Crippen LogP contribution is -2.29. The number of benzene rings is 2. The molecule has 0 radical (unpaired) electrons. The Morgan fingerprint density at radius 2 is 1.83 bits per heavy atom. The van der Waals surface area contributed by atoms with Crippen molar-refractivity contribution in [1.82, 2.24) is 4.90 Å². The van der Waals surface area contributed by atoms with Crippen LogP contribution in [0.4, 0.5) is 11.4 Å². The number of nitrogen functional groups attached to an aromatic ring is 1. The Morgan fingerprint density at radius 3 is 2.53 bits per heavy atom. The van der Waals surface area contributed by atoms with Crippen LogP contribution in [0.1, 0.15) is 23.2 Å². The molecule has 3 aromatic rings. The fraction of sp³-hybridized carbons (Fsp3) is 0.217. The zero-order valence-electron chi connectivity index (χ0n) is 16.5. The fourth-order valence-corrected chi connectivity index (χ4v) is 4.14. The number of hydrogen-bond acceptors (Lipinski definition) is 6. The number of esters is 1. The first kappa shape index (κ1) is 20.1. The number of amides is 1. The van der Waals surface area contributed by atoms with Crippen molar-refractivity contribution in [3.05, 3.63) is 65.5 Å². The molecule has 1 saturated heterocycles. The Hall–Kier alpha value is -3.16. The summed E-state index contributed by atoms with van der Waals surface area (Å²) in [7, 11) is 0. The van der Waals surface area contributed by atoms with Gasteiger partial charge in [-0.1, -0.05) is 12.1 Å². The summed E-state index contributed by atoms with van der Waals surface area (Å²) in [5.74, 6) is -0.137. The summed E-state index contributed by atoms with van der Waals surface area (Å²) >= 11 is 1.62. The minimum absolute atomic E-state index is 0.278. The number of nitrogens with one attached hydrogen (secondary N) is 1. The molecule has 1 aliphatic rings. The molecule has 154 valence electrons. The highest BCUT2D eigenvalue weighted by Gasteiger charge is 2.17. The van der Waals surface area contributed by atoms with E-state index < -0.39 is 0 Å². The van der Waals surface area contributed by atoms with Crippen molar-refractivity contribution in [1.29, 1.82) is 0 Å².